The first kappa shape index (κ1) is 13.5. The van der Waals surface area contributed by atoms with Crippen molar-refractivity contribution in [3.63, 3.8) is 0 Å². The first-order chi connectivity index (χ1) is 9.65. The smallest absolute Gasteiger partial charge is 0.315 e. The molecule has 0 N–H and O–H groups in total. The van der Waals surface area contributed by atoms with Gasteiger partial charge in [0.25, 0.3) is 0 Å². The van der Waals surface area contributed by atoms with Crippen LogP contribution in [0.15, 0.2) is 29.9 Å². The fraction of sp³-hybridized carbons (Fsp3) is 0.182. The van der Waals surface area contributed by atoms with Crippen LogP contribution in [0.25, 0.3) is 0 Å². The summed E-state index contributed by atoms with van der Waals surface area (Å²) in [6.07, 6.45) is 4.22. The van der Waals surface area contributed by atoms with Crippen LogP contribution in [-0.2, 0) is 0 Å². The molecule has 0 saturated heterocycles. The van der Waals surface area contributed by atoms with E-state index in [2.05, 4.69) is 15.3 Å². The Morgan fingerprint density at radius 2 is 2.00 bits per heavy atom. The van der Waals surface area contributed by atoms with Crippen LogP contribution < -0.4 is 9.47 Å². The predicted octanol–water partition coefficient (Wildman–Crippen LogP) is 1.09. The molecular weight excluding hydrogens is 266 g/mol. The zero-order valence-corrected chi connectivity index (χ0v) is 10.8. The number of aromatic nitrogens is 3. The van der Waals surface area contributed by atoms with Gasteiger partial charge in [0, 0.05) is 11.6 Å². The average Bonchev–Trinajstić information content (AvgIpc) is 2.97. The zero-order chi connectivity index (χ0) is 14.5. The standard InChI is InChI=1S/C11H11N5O4/c1-19-10-4-8(5-14-15-6-12-13-7-15)3-9(16(17)18)11(10)20-2/h3-7H,1-2H3. The molecule has 2 aromatic rings. The predicted molar refractivity (Wildman–Crippen MR) is 69.2 cm³/mol. The van der Waals surface area contributed by atoms with Gasteiger partial charge in [-0.15, -0.1) is 10.2 Å². The molecule has 0 atom stereocenters. The van der Waals surface area contributed by atoms with E-state index in [0.29, 0.717) is 5.56 Å². The van der Waals surface area contributed by atoms with Crippen LogP contribution in [-0.4, -0.2) is 40.2 Å². The van der Waals surface area contributed by atoms with Crippen LogP contribution in [0.1, 0.15) is 5.56 Å². The first-order valence-corrected chi connectivity index (χ1v) is 5.45. The summed E-state index contributed by atoms with van der Waals surface area (Å²) in [7, 11) is 2.75. The van der Waals surface area contributed by atoms with E-state index < -0.39 is 4.92 Å². The SMILES string of the molecule is COc1cc(C=Nn2cnnc2)cc([N+](=O)[O-])c1OC. The third-order valence-corrected chi connectivity index (χ3v) is 2.43. The maximum Gasteiger partial charge on any atom is 0.315 e. The summed E-state index contributed by atoms with van der Waals surface area (Å²) in [4.78, 5) is 10.5. The molecule has 9 heteroatoms. The van der Waals surface area contributed by atoms with Crippen molar-refractivity contribution in [1.29, 1.82) is 0 Å². The highest BCUT2D eigenvalue weighted by Gasteiger charge is 2.20. The third kappa shape index (κ3) is 2.71. The lowest BCUT2D eigenvalue weighted by atomic mass is 10.2. The van der Waals surface area contributed by atoms with Crippen molar-refractivity contribution >= 4 is 11.9 Å². The van der Waals surface area contributed by atoms with E-state index in [1.165, 1.54) is 43.8 Å². The van der Waals surface area contributed by atoms with Gasteiger partial charge in [-0.25, -0.2) is 4.68 Å². The molecule has 0 radical (unpaired) electrons. The molecule has 0 saturated carbocycles. The molecule has 20 heavy (non-hydrogen) atoms. The van der Waals surface area contributed by atoms with Crippen LogP contribution in [0.2, 0.25) is 0 Å². The van der Waals surface area contributed by atoms with E-state index >= 15 is 0 Å². The maximum atomic E-state index is 11.0. The van der Waals surface area contributed by atoms with Gasteiger partial charge in [0.15, 0.2) is 5.75 Å². The molecule has 2 rings (SSSR count). The monoisotopic (exact) mass is 277 g/mol. The van der Waals surface area contributed by atoms with Gasteiger partial charge in [-0.05, 0) is 6.07 Å². The van der Waals surface area contributed by atoms with Crippen molar-refractivity contribution in [1.82, 2.24) is 14.9 Å². The van der Waals surface area contributed by atoms with Crippen LogP contribution in [0.4, 0.5) is 5.69 Å². The van der Waals surface area contributed by atoms with Crippen LogP contribution >= 0.6 is 0 Å². The van der Waals surface area contributed by atoms with E-state index in [-0.39, 0.29) is 17.2 Å². The Hall–Kier alpha value is -2.97. The van der Waals surface area contributed by atoms with E-state index in [9.17, 15) is 10.1 Å². The molecule has 0 fully saturated rings. The number of rotatable bonds is 5. The van der Waals surface area contributed by atoms with Crippen LogP contribution in [0, 0.1) is 10.1 Å². The quantitative estimate of drug-likeness (QED) is 0.460. The number of hydrogen-bond acceptors (Lipinski definition) is 7. The maximum absolute atomic E-state index is 11.0. The number of ether oxygens (including phenoxy) is 2. The Bertz CT molecular complexity index is 639. The van der Waals surface area contributed by atoms with Gasteiger partial charge in [-0.1, -0.05) is 0 Å². The van der Waals surface area contributed by atoms with Crippen LogP contribution in [0.5, 0.6) is 11.5 Å². The van der Waals surface area contributed by atoms with Gasteiger partial charge in [0.2, 0.25) is 5.75 Å². The van der Waals surface area contributed by atoms with Crippen molar-refractivity contribution in [2.75, 3.05) is 14.2 Å². The fourth-order valence-electron chi connectivity index (χ4n) is 1.56. The summed E-state index contributed by atoms with van der Waals surface area (Å²) in [5.74, 6) is 0.325. The zero-order valence-electron chi connectivity index (χ0n) is 10.8. The Kier molecular flexibility index (Phi) is 3.89. The molecule has 0 unspecified atom stereocenters. The minimum Gasteiger partial charge on any atom is -0.493 e. The largest absolute Gasteiger partial charge is 0.493 e. The second-order valence-electron chi connectivity index (χ2n) is 3.62. The lowest BCUT2D eigenvalue weighted by Crippen LogP contribution is -1.99. The molecule has 0 aliphatic carbocycles. The van der Waals surface area contributed by atoms with Gasteiger partial charge in [0.1, 0.15) is 12.7 Å². The van der Waals surface area contributed by atoms with E-state index in [0.717, 1.165) is 0 Å². The number of hydrogen-bond donors (Lipinski definition) is 0. The van der Waals surface area contributed by atoms with E-state index in [4.69, 9.17) is 9.47 Å². The highest BCUT2D eigenvalue weighted by Crippen LogP contribution is 2.37. The second-order valence-corrected chi connectivity index (χ2v) is 3.62. The number of nitrogens with zero attached hydrogens (tertiary/aromatic N) is 5. The van der Waals surface area contributed by atoms with Crippen LogP contribution in [0.3, 0.4) is 0 Å². The number of nitro groups is 1. The van der Waals surface area contributed by atoms with E-state index in [1.54, 1.807) is 6.07 Å². The summed E-state index contributed by atoms with van der Waals surface area (Å²) in [6, 6.07) is 2.93. The van der Waals surface area contributed by atoms with Crippen molar-refractivity contribution in [3.05, 3.63) is 40.5 Å². The Morgan fingerprint density at radius 1 is 1.30 bits per heavy atom. The van der Waals surface area contributed by atoms with Gasteiger partial charge >= 0.3 is 5.69 Å². The molecule has 0 amide bonds. The number of nitro benzene ring substituents is 1. The number of methoxy groups -OCH3 is 2. The molecule has 1 heterocycles. The molecule has 0 spiro atoms. The molecular formula is C11H11N5O4. The van der Waals surface area contributed by atoms with Gasteiger partial charge in [-0.3, -0.25) is 10.1 Å². The Labute approximate surface area is 113 Å². The van der Waals surface area contributed by atoms with Crippen molar-refractivity contribution < 1.29 is 14.4 Å². The molecule has 104 valence electrons. The highest BCUT2D eigenvalue weighted by atomic mass is 16.6. The molecule has 0 aliphatic heterocycles. The van der Waals surface area contributed by atoms with Gasteiger partial charge in [0.05, 0.1) is 25.4 Å². The summed E-state index contributed by atoms with van der Waals surface area (Å²) >= 11 is 0. The molecule has 1 aromatic heterocycles. The second kappa shape index (κ2) is 5.78. The highest BCUT2D eigenvalue weighted by molar-refractivity contribution is 5.83. The van der Waals surface area contributed by atoms with E-state index in [1.807, 2.05) is 0 Å². The number of benzene rings is 1. The third-order valence-electron chi connectivity index (χ3n) is 2.43. The molecule has 0 aliphatic rings. The van der Waals surface area contributed by atoms with Gasteiger partial charge < -0.3 is 9.47 Å². The fourth-order valence-corrected chi connectivity index (χ4v) is 1.56. The summed E-state index contributed by atoms with van der Waals surface area (Å²) < 4.78 is 11.4. The normalized spacial score (nSPS) is 10.7. The van der Waals surface area contributed by atoms with Gasteiger partial charge in [-0.2, -0.15) is 5.10 Å². The lowest BCUT2D eigenvalue weighted by Gasteiger charge is -2.08. The first-order valence-electron chi connectivity index (χ1n) is 5.45. The summed E-state index contributed by atoms with van der Waals surface area (Å²) in [6.45, 7) is 0. The Balaban J connectivity index is 2.44. The average molecular weight is 277 g/mol. The van der Waals surface area contributed by atoms with Crippen molar-refractivity contribution in [2.45, 2.75) is 0 Å². The molecule has 1 aromatic carbocycles. The Morgan fingerprint density at radius 3 is 2.55 bits per heavy atom. The minimum atomic E-state index is -0.544. The summed E-state index contributed by atoms with van der Waals surface area (Å²) in [5.41, 5.74) is 0.292. The van der Waals surface area contributed by atoms with Crippen molar-refractivity contribution in [2.24, 2.45) is 5.10 Å². The summed E-state index contributed by atoms with van der Waals surface area (Å²) in [5, 5.41) is 22.2. The topological polar surface area (TPSA) is 105 Å². The molecule has 9 nitrogen and oxygen atoms in total. The van der Waals surface area contributed by atoms with Crippen molar-refractivity contribution in [3.8, 4) is 11.5 Å². The minimum absolute atomic E-state index is 0.0685. The lowest BCUT2D eigenvalue weighted by molar-refractivity contribution is -0.385. The molecule has 0 bridgehead atoms.